The largest absolute Gasteiger partial charge is 0.411 e. The fourth-order valence-electron chi connectivity index (χ4n) is 9.58. The Morgan fingerprint density at radius 1 is 1.08 bits per heavy atom. The Morgan fingerprint density at radius 2 is 1.89 bits per heavy atom. The van der Waals surface area contributed by atoms with Crippen LogP contribution >= 0.6 is 0 Å². The number of morpholine rings is 1. The van der Waals surface area contributed by atoms with Gasteiger partial charge in [-0.1, -0.05) is 24.0 Å². The Kier molecular flexibility index (Phi) is 12.8. The molecule has 2 N–H and O–H groups in total. The second-order valence-electron chi connectivity index (χ2n) is 17.2. The third-order valence-corrected chi connectivity index (χ3v) is 12.9. The van der Waals surface area contributed by atoms with E-state index < -0.39 is 55.0 Å². The molecule has 22 heteroatoms. The van der Waals surface area contributed by atoms with Gasteiger partial charge in [-0.05, 0) is 56.6 Å². The molecule has 350 valence electrons. The molecule has 4 aliphatic rings. The van der Waals surface area contributed by atoms with Crippen molar-refractivity contribution in [2.24, 2.45) is 13.0 Å². The number of hydrogen-bond donors (Lipinski definition) is 2. The van der Waals surface area contributed by atoms with Gasteiger partial charge < -0.3 is 19.7 Å². The minimum absolute atomic E-state index is 0.0260. The molecule has 0 bridgehead atoms. The smallest absolute Gasteiger partial charge is 0.377 e. The minimum atomic E-state index is -4.59. The Morgan fingerprint density at radius 3 is 2.65 bits per heavy atom. The summed E-state index contributed by atoms with van der Waals surface area (Å²) in [6.45, 7) is 0.942. The van der Waals surface area contributed by atoms with Gasteiger partial charge in [0.1, 0.15) is 30.2 Å². The zero-order valence-corrected chi connectivity index (χ0v) is 35.8. The molecule has 0 spiro atoms. The molecule has 9 rings (SSSR count). The topological polar surface area (TPSA) is 166 Å². The van der Waals surface area contributed by atoms with Crippen LogP contribution in [0.5, 0.6) is 0 Å². The predicted octanol–water partition coefficient (Wildman–Crippen LogP) is 5.50. The van der Waals surface area contributed by atoms with E-state index in [0.29, 0.717) is 50.0 Å². The number of carbonyl (C=O) groups excluding carboxylic acids is 3. The Bertz CT molecular complexity index is 2680. The van der Waals surface area contributed by atoms with Gasteiger partial charge in [-0.25, -0.2) is 22.7 Å². The molecule has 66 heavy (non-hydrogen) atoms. The van der Waals surface area contributed by atoms with Crippen molar-refractivity contribution in [1.29, 1.82) is 0 Å². The van der Waals surface area contributed by atoms with Gasteiger partial charge >= 0.3 is 6.18 Å². The van der Waals surface area contributed by atoms with Crippen molar-refractivity contribution >= 4 is 45.8 Å². The van der Waals surface area contributed by atoms with E-state index in [-0.39, 0.29) is 79.2 Å². The molecular weight excluding hydrogens is 877 g/mol. The average Bonchev–Trinajstić information content (AvgIpc) is 4.01. The molecule has 4 fully saturated rings. The van der Waals surface area contributed by atoms with E-state index in [2.05, 4.69) is 47.7 Å². The van der Waals surface area contributed by atoms with E-state index in [1.807, 2.05) is 18.2 Å². The Hall–Kier alpha value is -6.05. The SMILES string of the molecule is Cn1nc(C2CCC(=O)NC2=O)c2cccc(C#CCO[C@@H]3CCN(CC4CCC(n5cc(NC(=O)c6cnn7ccc(N8CCOC[C@H]8C(F)(F)F)nc67)c(C(F)F)n5)CC4)C[C@@H]3F)c21. The lowest BCUT2D eigenvalue weighted by molar-refractivity contribution is -0.167. The number of alkyl halides is 6. The summed E-state index contributed by atoms with van der Waals surface area (Å²) in [5.41, 5.74) is 1.04. The van der Waals surface area contributed by atoms with E-state index in [1.165, 1.54) is 33.9 Å². The summed E-state index contributed by atoms with van der Waals surface area (Å²) in [5.74, 6) is 4.32. The van der Waals surface area contributed by atoms with Crippen molar-refractivity contribution in [1.82, 2.24) is 44.4 Å². The van der Waals surface area contributed by atoms with Crippen molar-refractivity contribution in [3.8, 4) is 11.8 Å². The van der Waals surface area contributed by atoms with E-state index in [4.69, 9.17) is 9.47 Å². The second-order valence-corrected chi connectivity index (χ2v) is 17.2. The molecule has 1 saturated carbocycles. The zero-order valence-electron chi connectivity index (χ0n) is 35.8. The Balaban J connectivity index is 0.764. The van der Waals surface area contributed by atoms with Gasteiger partial charge in [0.2, 0.25) is 11.8 Å². The maximum absolute atomic E-state index is 15.5. The van der Waals surface area contributed by atoms with E-state index in [1.54, 1.807) is 11.7 Å². The predicted molar refractivity (Wildman–Crippen MR) is 226 cm³/mol. The highest BCUT2D eigenvalue weighted by molar-refractivity contribution is 6.08. The van der Waals surface area contributed by atoms with Crippen LogP contribution in [-0.4, -0.2) is 127 Å². The zero-order chi connectivity index (χ0) is 46.3. The molecule has 3 amide bonds. The molecule has 0 radical (unpaired) electrons. The van der Waals surface area contributed by atoms with Crippen LogP contribution in [-0.2, 0) is 26.1 Å². The molecule has 1 aliphatic carbocycles. The number of ether oxygens (including phenoxy) is 2. The lowest BCUT2D eigenvalue weighted by atomic mass is 9.85. The van der Waals surface area contributed by atoms with Gasteiger partial charge in [0.25, 0.3) is 12.3 Å². The summed E-state index contributed by atoms with van der Waals surface area (Å²) in [5, 5.41) is 18.5. The summed E-state index contributed by atoms with van der Waals surface area (Å²) in [6, 6.07) is 4.75. The maximum Gasteiger partial charge on any atom is 0.411 e. The molecule has 1 aromatic carbocycles. The second kappa shape index (κ2) is 18.7. The standard InChI is InChI=1S/C44H47F6N11O5/c1-57-39-26(4-2-6-28(39)37(55-57)29-11-12-36(62)54-42(29)63)5-3-18-66-33-13-15-58(22-31(33)45)21-25-7-9-27(10-8-25)61-23-32(38(56-61)40(46)47)52-43(64)30-20-51-60-16-14-35(53-41(30)60)59-17-19-65-24-34(59)44(48,49)50/h2,4,6,14,16,20,23,25,27,29,31,33-34,40H,7-13,15,17-19,21-22,24H2,1H3,(H,52,64)(H,54,62,63)/t25?,27?,29?,31-,33+,34-/m0/s1. The maximum atomic E-state index is 15.5. The monoisotopic (exact) mass is 923 g/mol. The number of hydrogen-bond acceptors (Lipinski definition) is 11. The van der Waals surface area contributed by atoms with E-state index in [0.717, 1.165) is 28.6 Å². The van der Waals surface area contributed by atoms with Crippen LogP contribution in [0.4, 0.5) is 37.8 Å². The number of piperidine rings is 2. The van der Waals surface area contributed by atoms with Crippen LogP contribution in [0.15, 0.2) is 42.9 Å². The van der Waals surface area contributed by atoms with Gasteiger partial charge in [-0.3, -0.25) is 34.0 Å². The van der Waals surface area contributed by atoms with Crippen molar-refractivity contribution in [2.45, 2.75) is 87.8 Å². The van der Waals surface area contributed by atoms with E-state index in [9.17, 15) is 36.3 Å². The first-order valence-electron chi connectivity index (χ1n) is 21.9. The molecule has 5 aromatic rings. The number of anilines is 2. The first kappa shape index (κ1) is 45.1. The van der Waals surface area contributed by atoms with Crippen LogP contribution in [0.25, 0.3) is 16.6 Å². The summed E-state index contributed by atoms with van der Waals surface area (Å²) in [4.78, 5) is 45.2. The number of nitrogens with one attached hydrogen (secondary N) is 2. The molecule has 3 saturated heterocycles. The molecule has 1 unspecified atom stereocenters. The highest BCUT2D eigenvalue weighted by atomic mass is 19.4. The quantitative estimate of drug-likeness (QED) is 0.103. The van der Waals surface area contributed by atoms with Crippen LogP contribution in [0, 0.1) is 17.8 Å². The summed E-state index contributed by atoms with van der Waals surface area (Å²) < 4.78 is 101. The molecule has 7 heterocycles. The molecule has 3 aliphatic heterocycles. The number of halogens is 6. The number of nitrogens with zero attached hydrogens (tertiary/aromatic N) is 9. The number of para-hydroxylation sites is 1. The summed E-state index contributed by atoms with van der Waals surface area (Å²) in [6.07, 6.45) is -1.63. The van der Waals surface area contributed by atoms with Crippen molar-refractivity contribution in [3.63, 3.8) is 0 Å². The minimum Gasteiger partial charge on any atom is -0.377 e. The number of aromatic nitrogens is 7. The van der Waals surface area contributed by atoms with Crippen LogP contribution < -0.4 is 15.5 Å². The third kappa shape index (κ3) is 9.33. The van der Waals surface area contributed by atoms with Crippen LogP contribution in [0.1, 0.15) is 90.6 Å². The van der Waals surface area contributed by atoms with Gasteiger partial charge in [0.15, 0.2) is 11.3 Å². The molecule has 16 nitrogen and oxygen atoms in total. The number of imide groups is 1. The summed E-state index contributed by atoms with van der Waals surface area (Å²) in [7, 11) is 1.77. The lowest BCUT2D eigenvalue weighted by Gasteiger charge is -2.38. The summed E-state index contributed by atoms with van der Waals surface area (Å²) >= 11 is 0. The fraction of sp³-hybridized carbons (Fsp3) is 0.523. The van der Waals surface area contributed by atoms with Gasteiger partial charge in [-0.15, -0.1) is 0 Å². The number of likely N-dealkylation sites (tertiary alicyclic amines) is 1. The van der Waals surface area contributed by atoms with Crippen molar-refractivity contribution in [2.75, 3.05) is 56.2 Å². The molecule has 4 aromatic heterocycles. The third-order valence-electron chi connectivity index (χ3n) is 12.9. The molecule has 4 atom stereocenters. The lowest BCUT2D eigenvalue weighted by Crippen LogP contribution is -2.54. The van der Waals surface area contributed by atoms with Gasteiger partial charge in [0.05, 0.1) is 59.9 Å². The fourth-order valence-corrected chi connectivity index (χ4v) is 9.58. The highest BCUT2D eigenvalue weighted by Crippen LogP contribution is 2.37. The van der Waals surface area contributed by atoms with E-state index >= 15 is 4.39 Å². The number of benzene rings is 1. The number of aryl methyl sites for hydroxylation is 1. The molecular formula is C44H47F6N11O5. The van der Waals surface area contributed by atoms with Crippen LogP contribution in [0.3, 0.4) is 0 Å². The normalized spacial score (nSPS) is 24.5. The number of fused-ring (bicyclic) bond motifs is 2. The Labute approximate surface area is 373 Å². The number of rotatable bonds is 10. The number of amides is 3. The highest BCUT2D eigenvalue weighted by Gasteiger charge is 2.46. The van der Waals surface area contributed by atoms with Gasteiger partial charge in [0, 0.05) is 57.4 Å². The van der Waals surface area contributed by atoms with Crippen molar-refractivity contribution in [3.05, 3.63) is 65.4 Å². The number of carbonyl (C=O) groups is 3. The average molecular weight is 924 g/mol. The van der Waals surface area contributed by atoms with Gasteiger partial charge in [-0.2, -0.15) is 28.5 Å². The van der Waals surface area contributed by atoms with Crippen molar-refractivity contribution < 1.29 is 50.2 Å². The first-order valence-corrected chi connectivity index (χ1v) is 21.9. The first-order chi connectivity index (χ1) is 31.7. The van der Waals surface area contributed by atoms with Crippen LogP contribution in [0.2, 0.25) is 0 Å².